The summed E-state index contributed by atoms with van der Waals surface area (Å²) in [4.78, 5) is 8.43. The Morgan fingerprint density at radius 3 is 2.88 bits per heavy atom. The molecule has 1 heterocycles. The summed E-state index contributed by atoms with van der Waals surface area (Å²) < 4.78 is 0. The van der Waals surface area contributed by atoms with Gasteiger partial charge in [0.05, 0.1) is 0 Å². The number of hydrogen-bond donors (Lipinski definition) is 2. The second-order valence-corrected chi connectivity index (χ2v) is 4.40. The Morgan fingerprint density at radius 1 is 1.31 bits per heavy atom. The smallest absolute Gasteiger partial charge is 0.224 e. The molecule has 1 fully saturated rings. The number of anilines is 2. The Balaban J connectivity index is 1.83. The molecule has 1 aliphatic carbocycles. The van der Waals surface area contributed by atoms with Crippen molar-refractivity contribution in [2.75, 3.05) is 24.2 Å². The largest absolute Gasteiger partial charge is 0.370 e. The van der Waals surface area contributed by atoms with Gasteiger partial charge in [-0.1, -0.05) is 19.3 Å². The summed E-state index contributed by atoms with van der Waals surface area (Å²) in [6.07, 6.45) is 8.68. The van der Waals surface area contributed by atoms with E-state index >= 15 is 0 Å². The molecule has 0 bridgehead atoms. The van der Waals surface area contributed by atoms with Gasteiger partial charge in [0.2, 0.25) is 5.95 Å². The minimum absolute atomic E-state index is 0.675. The molecule has 0 spiro atoms. The lowest BCUT2D eigenvalue weighted by Crippen LogP contribution is -2.17. The van der Waals surface area contributed by atoms with Crippen LogP contribution < -0.4 is 10.6 Å². The second kappa shape index (κ2) is 5.68. The van der Waals surface area contributed by atoms with E-state index in [1.54, 1.807) is 6.20 Å². The molecule has 1 saturated carbocycles. The molecule has 88 valence electrons. The lowest BCUT2D eigenvalue weighted by Gasteiger charge is -2.21. The highest BCUT2D eigenvalue weighted by Gasteiger charge is 2.12. The third kappa shape index (κ3) is 3.08. The summed E-state index contributed by atoms with van der Waals surface area (Å²) in [5, 5.41) is 6.34. The zero-order valence-electron chi connectivity index (χ0n) is 9.87. The first-order chi connectivity index (χ1) is 7.88. The van der Waals surface area contributed by atoms with Crippen LogP contribution in [-0.4, -0.2) is 23.6 Å². The van der Waals surface area contributed by atoms with Gasteiger partial charge in [-0.25, -0.2) is 4.98 Å². The first-order valence-electron chi connectivity index (χ1n) is 6.13. The Labute approximate surface area is 96.9 Å². The predicted octanol–water partition coefficient (Wildman–Crippen LogP) is 2.51. The molecule has 0 aromatic carbocycles. The maximum absolute atomic E-state index is 4.34. The van der Waals surface area contributed by atoms with Gasteiger partial charge in [-0.2, -0.15) is 4.98 Å². The fourth-order valence-corrected chi connectivity index (χ4v) is 2.22. The summed E-state index contributed by atoms with van der Waals surface area (Å²) in [6.45, 7) is 1.04. The Hall–Kier alpha value is -1.32. The molecule has 0 aliphatic heterocycles. The molecule has 4 nitrogen and oxygen atoms in total. The molecule has 1 aromatic heterocycles. The van der Waals surface area contributed by atoms with E-state index in [0.717, 1.165) is 18.3 Å². The van der Waals surface area contributed by atoms with Gasteiger partial charge in [0.15, 0.2) is 0 Å². The highest BCUT2D eigenvalue weighted by Crippen LogP contribution is 2.23. The maximum Gasteiger partial charge on any atom is 0.224 e. The van der Waals surface area contributed by atoms with E-state index in [2.05, 4.69) is 20.6 Å². The molecule has 16 heavy (non-hydrogen) atoms. The first kappa shape index (κ1) is 11.2. The van der Waals surface area contributed by atoms with Crippen LogP contribution in [0.25, 0.3) is 0 Å². The van der Waals surface area contributed by atoms with E-state index in [9.17, 15) is 0 Å². The number of rotatable bonds is 4. The zero-order valence-corrected chi connectivity index (χ0v) is 9.87. The molecule has 0 radical (unpaired) electrons. The molecule has 1 aliphatic rings. The normalized spacial score (nSPS) is 17.1. The number of nitrogens with one attached hydrogen (secondary N) is 2. The lowest BCUT2D eigenvalue weighted by molar-refractivity contribution is 0.373. The highest BCUT2D eigenvalue weighted by atomic mass is 15.1. The van der Waals surface area contributed by atoms with Crippen molar-refractivity contribution in [1.29, 1.82) is 0 Å². The Kier molecular flexibility index (Phi) is 3.97. The Bertz CT molecular complexity index is 321. The molecule has 0 unspecified atom stereocenters. The van der Waals surface area contributed by atoms with E-state index in [0.29, 0.717) is 5.95 Å². The van der Waals surface area contributed by atoms with Crippen molar-refractivity contribution in [3.8, 4) is 0 Å². The van der Waals surface area contributed by atoms with Gasteiger partial charge in [-0.05, 0) is 24.8 Å². The molecule has 1 aromatic rings. The van der Waals surface area contributed by atoms with E-state index in [1.165, 1.54) is 32.1 Å². The van der Waals surface area contributed by atoms with Crippen molar-refractivity contribution in [3.63, 3.8) is 0 Å². The van der Waals surface area contributed by atoms with Crippen LogP contribution in [0.1, 0.15) is 32.1 Å². The van der Waals surface area contributed by atoms with Crippen LogP contribution in [0.5, 0.6) is 0 Å². The summed E-state index contributed by atoms with van der Waals surface area (Å²) in [6, 6.07) is 1.92. The van der Waals surface area contributed by atoms with Crippen LogP contribution in [0.3, 0.4) is 0 Å². The summed E-state index contributed by atoms with van der Waals surface area (Å²) in [5.41, 5.74) is 0. The standard InChI is InChI=1S/C12H20N4/c1-13-12-14-8-7-11(16-12)15-9-10-5-3-2-4-6-10/h7-8,10H,2-6,9H2,1H3,(H2,13,14,15,16). The van der Waals surface area contributed by atoms with Crippen molar-refractivity contribution in [2.24, 2.45) is 5.92 Å². The summed E-state index contributed by atoms with van der Waals surface area (Å²) in [7, 11) is 1.83. The molecule has 2 N–H and O–H groups in total. The average Bonchev–Trinajstić information content (AvgIpc) is 2.38. The maximum atomic E-state index is 4.34. The van der Waals surface area contributed by atoms with Gasteiger partial charge in [0.1, 0.15) is 5.82 Å². The summed E-state index contributed by atoms with van der Waals surface area (Å²) >= 11 is 0. The quantitative estimate of drug-likeness (QED) is 0.818. The molecular weight excluding hydrogens is 200 g/mol. The minimum Gasteiger partial charge on any atom is -0.370 e. The van der Waals surface area contributed by atoms with Gasteiger partial charge in [0.25, 0.3) is 0 Å². The van der Waals surface area contributed by atoms with Crippen LogP contribution in [0.15, 0.2) is 12.3 Å². The third-order valence-corrected chi connectivity index (χ3v) is 3.18. The van der Waals surface area contributed by atoms with Crippen LogP contribution in [-0.2, 0) is 0 Å². The predicted molar refractivity (Wildman–Crippen MR) is 66.6 cm³/mol. The SMILES string of the molecule is CNc1nccc(NCC2CCCCC2)n1. The highest BCUT2D eigenvalue weighted by molar-refractivity contribution is 5.39. The molecule has 4 heteroatoms. The van der Waals surface area contributed by atoms with Crippen molar-refractivity contribution in [1.82, 2.24) is 9.97 Å². The molecule has 2 rings (SSSR count). The van der Waals surface area contributed by atoms with E-state index in [4.69, 9.17) is 0 Å². The lowest BCUT2D eigenvalue weighted by atomic mass is 9.89. The van der Waals surface area contributed by atoms with Gasteiger partial charge in [0, 0.05) is 19.8 Å². The van der Waals surface area contributed by atoms with Crippen LogP contribution in [0.4, 0.5) is 11.8 Å². The van der Waals surface area contributed by atoms with E-state index in [-0.39, 0.29) is 0 Å². The van der Waals surface area contributed by atoms with Crippen LogP contribution in [0, 0.1) is 5.92 Å². The topological polar surface area (TPSA) is 49.8 Å². The molecule has 0 amide bonds. The summed E-state index contributed by atoms with van der Waals surface area (Å²) in [5.74, 6) is 2.42. The Morgan fingerprint density at radius 2 is 2.12 bits per heavy atom. The van der Waals surface area contributed by atoms with Crippen LogP contribution >= 0.6 is 0 Å². The van der Waals surface area contributed by atoms with Crippen LogP contribution in [0.2, 0.25) is 0 Å². The number of nitrogens with zero attached hydrogens (tertiary/aromatic N) is 2. The van der Waals surface area contributed by atoms with E-state index < -0.39 is 0 Å². The second-order valence-electron chi connectivity index (χ2n) is 4.40. The molecule has 0 atom stereocenters. The van der Waals surface area contributed by atoms with Crippen molar-refractivity contribution in [3.05, 3.63) is 12.3 Å². The minimum atomic E-state index is 0.675. The first-order valence-corrected chi connectivity index (χ1v) is 6.13. The van der Waals surface area contributed by atoms with Gasteiger partial charge in [-0.15, -0.1) is 0 Å². The van der Waals surface area contributed by atoms with Gasteiger partial charge < -0.3 is 10.6 Å². The number of hydrogen-bond acceptors (Lipinski definition) is 4. The van der Waals surface area contributed by atoms with Gasteiger partial charge in [-0.3, -0.25) is 0 Å². The fraction of sp³-hybridized carbons (Fsp3) is 0.667. The zero-order chi connectivity index (χ0) is 11.2. The molecular formula is C12H20N4. The molecule has 0 saturated heterocycles. The van der Waals surface area contributed by atoms with Crippen molar-refractivity contribution >= 4 is 11.8 Å². The van der Waals surface area contributed by atoms with Crippen molar-refractivity contribution < 1.29 is 0 Å². The fourth-order valence-electron chi connectivity index (χ4n) is 2.22. The monoisotopic (exact) mass is 220 g/mol. The van der Waals surface area contributed by atoms with Gasteiger partial charge >= 0.3 is 0 Å². The number of aromatic nitrogens is 2. The van der Waals surface area contributed by atoms with E-state index in [1.807, 2.05) is 13.1 Å². The average molecular weight is 220 g/mol. The third-order valence-electron chi connectivity index (χ3n) is 3.18. The van der Waals surface area contributed by atoms with Crippen molar-refractivity contribution in [2.45, 2.75) is 32.1 Å².